The summed E-state index contributed by atoms with van der Waals surface area (Å²) >= 11 is 0. The lowest BCUT2D eigenvalue weighted by atomic mass is 10.2. The van der Waals surface area contributed by atoms with Crippen molar-refractivity contribution in [2.75, 3.05) is 31.2 Å². The van der Waals surface area contributed by atoms with E-state index < -0.39 is 0 Å². The Labute approximate surface area is 135 Å². The highest BCUT2D eigenvalue weighted by atomic mass is 16.5. The van der Waals surface area contributed by atoms with Crippen LogP contribution in [0.2, 0.25) is 0 Å². The third-order valence-corrected chi connectivity index (χ3v) is 3.54. The summed E-state index contributed by atoms with van der Waals surface area (Å²) in [7, 11) is 0. The van der Waals surface area contributed by atoms with Crippen LogP contribution < -0.4 is 20.3 Å². The van der Waals surface area contributed by atoms with Crippen molar-refractivity contribution in [1.82, 2.24) is 10.6 Å². The Bertz CT molecular complexity index is 533. The lowest BCUT2D eigenvalue weighted by Crippen LogP contribution is -2.43. The largest absolute Gasteiger partial charge is 0.494 e. The van der Waals surface area contributed by atoms with E-state index in [0.29, 0.717) is 26.1 Å². The van der Waals surface area contributed by atoms with E-state index in [1.54, 1.807) is 4.90 Å². The number of ether oxygens (including phenoxy) is 1. The maximum atomic E-state index is 12.1. The maximum absolute atomic E-state index is 12.1. The molecule has 1 heterocycles. The van der Waals surface area contributed by atoms with Crippen LogP contribution >= 0.6 is 0 Å². The van der Waals surface area contributed by atoms with Gasteiger partial charge in [0.1, 0.15) is 5.75 Å². The molecule has 0 aromatic heterocycles. The molecule has 3 N–H and O–H groups in total. The average molecular weight is 321 g/mol. The van der Waals surface area contributed by atoms with E-state index in [9.17, 15) is 9.59 Å². The van der Waals surface area contributed by atoms with Crippen molar-refractivity contribution < 1.29 is 19.4 Å². The van der Waals surface area contributed by atoms with Crippen LogP contribution in [0.25, 0.3) is 0 Å². The second-order valence-electron chi connectivity index (χ2n) is 5.31. The van der Waals surface area contributed by atoms with Crippen LogP contribution in [0.5, 0.6) is 5.75 Å². The third-order valence-electron chi connectivity index (χ3n) is 3.54. The number of hydrogen-bond acceptors (Lipinski definition) is 4. The smallest absolute Gasteiger partial charge is 0.315 e. The molecule has 0 aliphatic carbocycles. The fraction of sp³-hybridized carbons (Fsp3) is 0.500. The first-order valence-electron chi connectivity index (χ1n) is 7.82. The Balaban J connectivity index is 1.88. The highest BCUT2D eigenvalue weighted by Crippen LogP contribution is 2.24. The number of urea groups is 1. The second kappa shape index (κ2) is 8.38. The van der Waals surface area contributed by atoms with E-state index in [2.05, 4.69) is 10.6 Å². The molecule has 1 aromatic carbocycles. The Hall–Kier alpha value is -2.28. The molecule has 1 aliphatic heterocycles. The van der Waals surface area contributed by atoms with Gasteiger partial charge in [-0.2, -0.15) is 0 Å². The number of benzene rings is 1. The van der Waals surface area contributed by atoms with Gasteiger partial charge in [0.15, 0.2) is 0 Å². The Morgan fingerprint density at radius 1 is 1.39 bits per heavy atom. The number of aliphatic hydroxyl groups is 1. The molecular formula is C16H23N3O4. The first-order chi connectivity index (χ1) is 11.1. The highest BCUT2D eigenvalue weighted by Gasteiger charge is 2.31. The summed E-state index contributed by atoms with van der Waals surface area (Å²) in [5.74, 6) is 0.746. The lowest BCUT2D eigenvalue weighted by molar-refractivity contribution is -0.117. The van der Waals surface area contributed by atoms with Crippen molar-refractivity contribution in [2.45, 2.75) is 25.8 Å². The molecule has 23 heavy (non-hydrogen) atoms. The average Bonchev–Trinajstić information content (AvgIpc) is 2.89. The summed E-state index contributed by atoms with van der Waals surface area (Å²) in [6.07, 6.45) is 0.788. The predicted octanol–water partition coefficient (Wildman–Crippen LogP) is 0.872. The predicted molar refractivity (Wildman–Crippen MR) is 86.6 cm³/mol. The summed E-state index contributed by atoms with van der Waals surface area (Å²) in [6.45, 7) is 3.40. The summed E-state index contributed by atoms with van der Waals surface area (Å²) in [5, 5.41) is 14.1. The van der Waals surface area contributed by atoms with Crippen molar-refractivity contribution in [3.8, 4) is 5.75 Å². The van der Waals surface area contributed by atoms with Crippen molar-refractivity contribution >= 4 is 17.6 Å². The lowest BCUT2D eigenvalue weighted by Gasteiger charge is -2.18. The van der Waals surface area contributed by atoms with E-state index in [1.165, 1.54) is 0 Å². The number of anilines is 1. The normalized spacial score (nSPS) is 17.2. The summed E-state index contributed by atoms with van der Waals surface area (Å²) < 4.78 is 5.38. The molecule has 7 nitrogen and oxygen atoms in total. The topological polar surface area (TPSA) is 90.9 Å². The van der Waals surface area contributed by atoms with E-state index in [0.717, 1.165) is 11.4 Å². The van der Waals surface area contributed by atoms with Gasteiger partial charge >= 0.3 is 6.03 Å². The molecule has 0 saturated carbocycles. The van der Waals surface area contributed by atoms with Gasteiger partial charge in [-0.1, -0.05) is 0 Å². The van der Waals surface area contributed by atoms with Gasteiger partial charge in [-0.25, -0.2) is 4.79 Å². The van der Waals surface area contributed by atoms with Crippen LogP contribution in [-0.2, 0) is 4.79 Å². The van der Waals surface area contributed by atoms with Crippen molar-refractivity contribution in [1.29, 1.82) is 0 Å². The number of nitrogens with one attached hydrogen (secondary N) is 2. The number of carbonyl (C=O) groups is 2. The van der Waals surface area contributed by atoms with Crippen LogP contribution in [0.15, 0.2) is 24.3 Å². The Kier molecular flexibility index (Phi) is 6.22. The molecule has 1 fully saturated rings. The molecule has 0 radical (unpaired) electrons. The number of amides is 3. The molecule has 0 spiro atoms. The molecule has 1 atom stereocenters. The van der Waals surface area contributed by atoms with Crippen LogP contribution in [-0.4, -0.2) is 49.4 Å². The van der Waals surface area contributed by atoms with E-state index in [4.69, 9.17) is 9.84 Å². The monoisotopic (exact) mass is 321 g/mol. The Morgan fingerprint density at radius 3 is 2.78 bits per heavy atom. The molecule has 3 amide bonds. The SMILES string of the molecule is CCOc1ccc(N2CC(NC(=O)NCCCO)CC2=O)cc1. The molecule has 1 aliphatic rings. The molecule has 2 rings (SSSR count). The zero-order chi connectivity index (χ0) is 16.7. The van der Waals surface area contributed by atoms with Gasteiger partial charge in [0, 0.05) is 31.8 Å². The summed E-state index contributed by atoms with van der Waals surface area (Å²) in [4.78, 5) is 25.5. The van der Waals surface area contributed by atoms with Crippen molar-refractivity contribution in [3.63, 3.8) is 0 Å². The first-order valence-corrected chi connectivity index (χ1v) is 7.82. The molecular weight excluding hydrogens is 298 g/mol. The third kappa shape index (κ3) is 4.85. The molecule has 1 saturated heterocycles. The van der Waals surface area contributed by atoms with Gasteiger partial charge in [0.05, 0.1) is 12.6 Å². The number of carbonyl (C=O) groups excluding carboxylic acids is 2. The summed E-state index contributed by atoms with van der Waals surface area (Å²) in [5.41, 5.74) is 0.795. The van der Waals surface area contributed by atoms with Crippen LogP contribution in [0.1, 0.15) is 19.8 Å². The van der Waals surface area contributed by atoms with Crippen molar-refractivity contribution in [2.24, 2.45) is 0 Å². The molecule has 1 unspecified atom stereocenters. The van der Waals surface area contributed by atoms with Gasteiger partial charge in [-0.15, -0.1) is 0 Å². The van der Waals surface area contributed by atoms with Gasteiger partial charge < -0.3 is 25.4 Å². The number of aliphatic hydroxyl groups excluding tert-OH is 1. The second-order valence-corrected chi connectivity index (χ2v) is 5.31. The number of nitrogens with zero attached hydrogens (tertiary/aromatic N) is 1. The minimum atomic E-state index is -0.315. The van der Waals surface area contributed by atoms with E-state index in [-0.39, 0.29) is 31.0 Å². The number of hydrogen-bond donors (Lipinski definition) is 3. The molecule has 126 valence electrons. The minimum Gasteiger partial charge on any atom is -0.494 e. The first kappa shape index (κ1) is 17.1. The highest BCUT2D eigenvalue weighted by molar-refractivity contribution is 5.96. The molecule has 0 bridgehead atoms. The van der Waals surface area contributed by atoms with E-state index in [1.807, 2.05) is 31.2 Å². The van der Waals surface area contributed by atoms with Crippen LogP contribution in [0.3, 0.4) is 0 Å². The molecule has 1 aromatic rings. The quantitative estimate of drug-likeness (QED) is 0.650. The van der Waals surface area contributed by atoms with Crippen LogP contribution in [0, 0.1) is 0 Å². The van der Waals surface area contributed by atoms with Gasteiger partial charge in [0.2, 0.25) is 5.91 Å². The van der Waals surface area contributed by atoms with E-state index >= 15 is 0 Å². The van der Waals surface area contributed by atoms with Crippen molar-refractivity contribution in [3.05, 3.63) is 24.3 Å². The fourth-order valence-corrected chi connectivity index (χ4v) is 2.46. The van der Waals surface area contributed by atoms with Crippen LogP contribution in [0.4, 0.5) is 10.5 Å². The standard InChI is InChI=1S/C16H23N3O4/c1-2-23-14-6-4-13(5-7-14)19-11-12(10-15(19)21)18-16(22)17-8-3-9-20/h4-7,12,20H,2-3,8-11H2,1H3,(H2,17,18,22). The Morgan fingerprint density at radius 2 is 2.13 bits per heavy atom. The molecule has 7 heteroatoms. The van der Waals surface area contributed by atoms with Gasteiger partial charge in [-0.3, -0.25) is 4.79 Å². The zero-order valence-corrected chi connectivity index (χ0v) is 13.2. The number of rotatable bonds is 7. The summed E-state index contributed by atoms with van der Waals surface area (Å²) in [6, 6.07) is 6.80. The fourth-order valence-electron chi connectivity index (χ4n) is 2.46. The van der Waals surface area contributed by atoms with Gasteiger partial charge in [-0.05, 0) is 37.6 Å². The minimum absolute atomic E-state index is 0.0187. The zero-order valence-electron chi connectivity index (χ0n) is 13.2. The van der Waals surface area contributed by atoms with Gasteiger partial charge in [0.25, 0.3) is 0 Å². The maximum Gasteiger partial charge on any atom is 0.315 e.